The van der Waals surface area contributed by atoms with E-state index in [9.17, 15) is 31.5 Å². The number of esters is 2. The number of nitrogen functional groups attached to an aromatic ring is 2. The minimum atomic E-state index is -4.33. The van der Waals surface area contributed by atoms with Crippen molar-refractivity contribution >= 4 is 29.4 Å². The molecule has 0 saturated heterocycles. The molecular formula is C29H27F5N2O5. The van der Waals surface area contributed by atoms with Gasteiger partial charge in [-0.05, 0) is 66.1 Å². The number of ether oxygens (including phenoxy) is 3. The summed E-state index contributed by atoms with van der Waals surface area (Å²) in [5.74, 6) is -1.44. The summed E-state index contributed by atoms with van der Waals surface area (Å²) in [6.45, 7) is -0.0144. The quantitative estimate of drug-likeness (QED) is 0.0855. The number of alkyl halides is 5. The van der Waals surface area contributed by atoms with E-state index < -0.39 is 36.2 Å². The van der Waals surface area contributed by atoms with E-state index in [2.05, 4.69) is 0 Å². The molecule has 3 aromatic rings. The first-order valence-electron chi connectivity index (χ1n) is 12.3. The normalized spacial score (nSPS) is 11.8. The van der Waals surface area contributed by atoms with Crippen LogP contribution in [0, 0.1) is 0 Å². The van der Waals surface area contributed by atoms with E-state index in [0.29, 0.717) is 16.9 Å². The van der Waals surface area contributed by atoms with Crippen LogP contribution in [-0.4, -0.2) is 31.3 Å². The molecule has 0 aliphatic rings. The lowest BCUT2D eigenvalue weighted by Crippen LogP contribution is -2.21. The Morgan fingerprint density at radius 2 is 1.41 bits per heavy atom. The molecule has 0 aliphatic carbocycles. The average molecular weight is 579 g/mol. The van der Waals surface area contributed by atoms with Gasteiger partial charge in [0.1, 0.15) is 5.75 Å². The van der Waals surface area contributed by atoms with Crippen molar-refractivity contribution in [1.82, 2.24) is 0 Å². The van der Waals surface area contributed by atoms with Gasteiger partial charge in [-0.25, -0.2) is 9.59 Å². The molecule has 0 aliphatic heterocycles. The van der Waals surface area contributed by atoms with Gasteiger partial charge < -0.3 is 25.7 Å². The Bertz CT molecular complexity index is 1340. The smallest absolute Gasteiger partial charge is 0.426 e. The molecule has 0 fully saturated rings. The molecule has 12 heteroatoms. The Labute approximate surface area is 232 Å². The van der Waals surface area contributed by atoms with Gasteiger partial charge in [-0.2, -0.15) is 22.0 Å². The molecule has 3 rings (SSSR count). The van der Waals surface area contributed by atoms with Crippen molar-refractivity contribution in [3.05, 3.63) is 95.1 Å². The SMILES string of the molecule is Nc1cc(N)cc(C(=O)OCCCOC(=O)/C=C/c2ccc(OC(F)(F)c3ccc(CCC(F)(F)F)cc3)cc2)c1. The average Bonchev–Trinajstić information content (AvgIpc) is 2.90. The van der Waals surface area contributed by atoms with Gasteiger partial charge in [0.05, 0.1) is 24.3 Å². The first kappa shape index (κ1) is 30.9. The van der Waals surface area contributed by atoms with Crippen molar-refractivity contribution in [2.75, 3.05) is 24.7 Å². The second-order valence-corrected chi connectivity index (χ2v) is 8.88. The second kappa shape index (κ2) is 13.6. The highest BCUT2D eigenvalue weighted by atomic mass is 19.4. The van der Waals surface area contributed by atoms with E-state index in [-0.39, 0.29) is 42.9 Å². The molecule has 41 heavy (non-hydrogen) atoms. The lowest BCUT2D eigenvalue weighted by atomic mass is 10.1. The Balaban J connectivity index is 1.41. The fourth-order valence-corrected chi connectivity index (χ4v) is 3.49. The van der Waals surface area contributed by atoms with Crippen molar-refractivity contribution in [3.8, 4) is 5.75 Å². The number of hydrogen-bond acceptors (Lipinski definition) is 7. The van der Waals surface area contributed by atoms with Crippen molar-refractivity contribution < 1.29 is 45.8 Å². The lowest BCUT2D eigenvalue weighted by Gasteiger charge is -2.18. The van der Waals surface area contributed by atoms with Gasteiger partial charge in [0.15, 0.2) is 0 Å². The minimum absolute atomic E-state index is 0.00116. The summed E-state index contributed by atoms with van der Waals surface area (Å²) in [6, 6.07) is 14.3. The summed E-state index contributed by atoms with van der Waals surface area (Å²) in [4.78, 5) is 23.9. The second-order valence-electron chi connectivity index (χ2n) is 8.88. The minimum Gasteiger partial charge on any atom is -0.462 e. The van der Waals surface area contributed by atoms with Crippen molar-refractivity contribution in [2.45, 2.75) is 31.5 Å². The van der Waals surface area contributed by atoms with Gasteiger partial charge in [0, 0.05) is 30.3 Å². The summed E-state index contributed by atoms with van der Waals surface area (Å²) < 4.78 is 81.0. The Morgan fingerprint density at radius 1 is 0.805 bits per heavy atom. The number of aryl methyl sites for hydroxylation is 1. The molecule has 4 N–H and O–H groups in total. The first-order valence-corrected chi connectivity index (χ1v) is 12.3. The zero-order valence-electron chi connectivity index (χ0n) is 21.6. The van der Waals surface area contributed by atoms with Crippen LogP contribution in [0.3, 0.4) is 0 Å². The van der Waals surface area contributed by atoms with Gasteiger partial charge in [-0.15, -0.1) is 0 Å². The van der Waals surface area contributed by atoms with Crippen LogP contribution in [0.15, 0.2) is 72.8 Å². The number of nitrogens with two attached hydrogens (primary N) is 2. The van der Waals surface area contributed by atoms with Gasteiger partial charge in [-0.1, -0.05) is 24.3 Å². The Hall–Kier alpha value is -4.61. The van der Waals surface area contributed by atoms with Crippen LogP contribution in [0.2, 0.25) is 0 Å². The third-order valence-electron chi connectivity index (χ3n) is 5.50. The number of hydrogen-bond donors (Lipinski definition) is 2. The van der Waals surface area contributed by atoms with Crippen LogP contribution in [0.25, 0.3) is 6.08 Å². The van der Waals surface area contributed by atoms with Crippen molar-refractivity contribution in [1.29, 1.82) is 0 Å². The van der Waals surface area contributed by atoms with Gasteiger partial charge in [-0.3, -0.25) is 0 Å². The highest BCUT2D eigenvalue weighted by Crippen LogP contribution is 2.32. The van der Waals surface area contributed by atoms with E-state index in [1.807, 2.05) is 0 Å². The highest BCUT2D eigenvalue weighted by Gasteiger charge is 2.34. The zero-order chi connectivity index (χ0) is 30.0. The number of carbonyl (C=O) groups excluding carboxylic acids is 2. The number of anilines is 2. The third-order valence-corrected chi connectivity index (χ3v) is 5.50. The van der Waals surface area contributed by atoms with E-state index in [0.717, 1.165) is 18.2 Å². The molecule has 7 nitrogen and oxygen atoms in total. The monoisotopic (exact) mass is 578 g/mol. The van der Waals surface area contributed by atoms with E-state index in [1.165, 1.54) is 60.7 Å². The number of benzene rings is 3. The number of carbonyl (C=O) groups is 2. The molecule has 0 spiro atoms. The van der Waals surface area contributed by atoms with Crippen LogP contribution in [-0.2, 0) is 26.8 Å². The molecule has 0 bridgehead atoms. The predicted octanol–water partition coefficient (Wildman–Crippen LogP) is 6.28. The lowest BCUT2D eigenvalue weighted by molar-refractivity contribution is -0.185. The van der Waals surface area contributed by atoms with E-state index in [4.69, 9.17) is 25.7 Å². The fraction of sp³-hybridized carbons (Fsp3) is 0.241. The van der Waals surface area contributed by atoms with Crippen LogP contribution >= 0.6 is 0 Å². The van der Waals surface area contributed by atoms with E-state index >= 15 is 0 Å². The number of halogens is 5. The fourth-order valence-electron chi connectivity index (χ4n) is 3.49. The van der Waals surface area contributed by atoms with Crippen LogP contribution < -0.4 is 16.2 Å². The summed E-state index contributed by atoms with van der Waals surface area (Å²) in [7, 11) is 0. The largest absolute Gasteiger partial charge is 0.462 e. The van der Waals surface area contributed by atoms with Gasteiger partial charge in [0.25, 0.3) is 0 Å². The van der Waals surface area contributed by atoms with E-state index in [1.54, 1.807) is 0 Å². The highest BCUT2D eigenvalue weighted by molar-refractivity contribution is 5.91. The van der Waals surface area contributed by atoms with Crippen LogP contribution in [0.4, 0.5) is 33.3 Å². The molecule has 0 saturated carbocycles. The Kier molecular flexibility index (Phi) is 10.3. The maximum absolute atomic E-state index is 14.5. The molecule has 0 aromatic heterocycles. The predicted molar refractivity (Wildman–Crippen MR) is 142 cm³/mol. The summed E-state index contributed by atoms with van der Waals surface area (Å²) in [5.41, 5.74) is 12.4. The first-order chi connectivity index (χ1) is 19.3. The van der Waals surface area contributed by atoms with Gasteiger partial charge in [0.2, 0.25) is 0 Å². The molecule has 3 aromatic carbocycles. The maximum atomic E-state index is 14.5. The van der Waals surface area contributed by atoms with Crippen molar-refractivity contribution in [2.24, 2.45) is 0 Å². The van der Waals surface area contributed by atoms with Crippen molar-refractivity contribution in [3.63, 3.8) is 0 Å². The third kappa shape index (κ3) is 10.5. The molecule has 0 atom stereocenters. The topological polar surface area (TPSA) is 114 Å². The molecule has 0 unspecified atom stereocenters. The Morgan fingerprint density at radius 3 is 2.02 bits per heavy atom. The molecule has 218 valence electrons. The standard InChI is InChI=1S/C29H27F5N2O5/c30-28(31,32)13-12-20-2-7-22(8-3-20)29(33,34)41-25-9-4-19(5-10-25)6-11-26(37)39-14-1-15-40-27(38)21-16-23(35)18-24(36)17-21/h2-11,16-18H,1,12-15,35-36H2/b11-6+. The van der Waals surface area contributed by atoms with Crippen LogP contribution in [0.5, 0.6) is 5.75 Å². The molecule has 0 amide bonds. The molecular weight excluding hydrogens is 551 g/mol. The molecule has 0 heterocycles. The maximum Gasteiger partial charge on any atom is 0.426 e. The summed E-state index contributed by atoms with van der Waals surface area (Å²) >= 11 is 0. The summed E-state index contributed by atoms with van der Waals surface area (Å²) in [6.07, 6.45) is -6.60. The zero-order valence-corrected chi connectivity index (χ0v) is 21.6. The number of rotatable bonds is 12. The van der Waals surface area contributed by atoms with Gasteiger partial charge >= 0.3 is 24.2 Å². The van der Waals surface area contributed by atoms with Crippen LogP contribution in [0.1, 0.15) is 39.9 Å². The molecule has 0 radical (unpaired) electrons. The summed E-state index contributed by atoms with van der Waals surface area (Å²) in [5, 5.41) is 0.